The molecule has 1 saturated heterocycles. The van der Waals surface area contributed by atoms with Crippen LogP contribution in [-0.2, 0) is 9.53 Å². The standard InChI is InChI=1S/C10H20N2O2/c1-3-12(10(13)8(2)11)9-4-6-14-7-5-9/h8-9H,3-7,11H2,1-2H3. The van der Waals surface area contributed by atoms with Gasteiger partial charge in [0.15, 0.2) is 0 Å². The minimum atomic E-state index is -0.391. The van der Waals surface area contributed by atoms with Crippen molar-refractivity contribution in [2.24, 2.45) is 5.73 Å². The Morgan fingerprint density at radius 2 is 2.14 bits per heavy atom. The molecule has 1 unspecified atom stereocenters. The van der Waals surface area contributed by atoms with E-state index in [1.807, 2.05) is 11.8 Å². The summed E-state index contributed by atoms with van der Waals surface area (Å²) in [6.45, 7) is 5.99. The molecular formula is C10H20N2O2. The Hall–Kier alpha value is -0.610. The highest BCUT2D eigenvalue weighted by atomic mass is 16.5. The Morgan fingerprint density at radius 3 is 2.57 bits per heavy atom. The summed E-state index contributed by atoms with van der Waals surface area (Å²) in [5.74, 6) is 0.0550. The highest BCUT2D eigenvalue weighted by Crippen LogP contribution is 2.14. The molecule has 0 saturated carbocycles. The van der Waals surface area contributed by atoms with Gasteiger partial charge in [-0.3, -0.25) is 4.79 Å². The summed E-state index contributed by atoms with van der Waals surface area (Å²) in [7, 11) is 0. The summed E-state index contributed by atoms with van der Waals surface area (Å²) in [4.78, 5) is 13.6. The summed E-state index contributed by atoms with van der Waals surface area (Å²) >= 11 is 0. The molecule has 4 heteroatoms. The molecule has 2 N–H and O–H groups in total. The fourth-order valence-electron chi connectivity index (χ4n) is 1.85. The van der Waals surface area contributed by atoms with E-state index in [4.69, 9.17) is 10.5 Å². The van der Waals surface area contributed by atoms with Crippen molar-refractivity contribution in [3.05, 3.63) is 0 Å². The first kappa shape index (κ1) is 11.5. The molecule has 1 rings (SSSR count). The quantitative estimate of drug-likeness (QED) is 0.715. The van der Waals surface area contributed by atoms with Crippen molar-refractivity contribution in [3.8, 4) is 0 Å². The third-order valence-corrected chi connectivity index (χ3v) is 2.64. The van der Waals surface area contributed by atoms with E-state index < -0.39 is 6.04 Å². The van der Waals surface area contributed by atoms with Crippen molar-refractivity contribution >= 4 is 5.91 Å². The first-order valence-corrected chi connectivity index (χ1v) is 5.30. The van der Waals surface area contributed by atoms with Gasteiger partial charge in [-0.05, 0) is 26.7 Å². The molecule has 0 spiro atoms. The topological polar surface area (TPSA) is 55.6 Å². The predicted molar refractivity (Wildman–Crippen MR) is 54.9 cm³/mol. The average Bonchev–Trinajstić information content (AvgIpc) is 2.20. The van der Waals surface area contributed by atoms with Gasteiger partial charge in [0, 0.05) is 25.8 Å². The van der Waals surface area contributed by atoms with Crippen LogP contribution in [0.25, 0.3) is 0 Å². The zero-order chi connectivity index (χ0) is 10.6. The number of nitrogens with two attached hydrogens (primary N) is 1. The minimum Gasteiger partial charge on any atom is -0.381 e. The van der Waals surface area contributed by atoms with Crippen LogP contribution in [0.15, 0.2) is 0 Å². The van der Waals surface area contributed by atoms with Crippen molar-refractivity contribution < 1.29 is 9.53 Å². The monoisotopic (exact) mass is 200 g/mol. The Labute approximate surface area is 85.4 Å². The van der Waals surface area contributed by atoms with Gasteiger partial charge in [-0.1, -0.05) is 0 Å². The number of likely N-dealkylation sites (N-methyl/N-ethyl adjacent to an activating group) is 1. The number of ether oxygens (including phenoxy) is 1. The summed E-state index contributed by atoms with van der Waals surface area (Å²) < 4.78 is 5.27. The summed E-state index contributed by atoms with van der Waals surface area (Å²) in [6, 6.07) is -0.0648. The Kier molecular flexibility index (Phi) is 4.35. The fraction of sp³-hybridized carbons (Fsp3) is 0.900. The lowest BCUT2D eigenvalue weighted by atomic mass is 10.1. The van der Waals surface area contributed by atoms with Gasteiger partial charge in [0.1, 0.15) is 0 Å². The van der Waals surface area contributed by atoms with E-state index in [1.165, 1.54) is 0 Å². The Balaban J connectivity index is 2.55. The Bertz CT molecular complexity index is 189. The second-order valence-electron chi connectivity index (χ2n) is 3.76. The van der Waals surface area contributed by atoms with Gasteiger partial charge in [-0.2, -0.15) is 0 Å². The third kappa shape index (κ3) is 2.69. The molecule has 0 aromatic heterocycles. The van der Waals surface area contributed by atoms with E-state index >= 15 is 0 Å². The van der Waals surface area contributed by atoms with Crippen molar-refractivity contribution in [2.75, 3.05) is 19.8 Å². The molecule has 1 amide bonds. The minimum absolute atomic E-state index is 0.0550. The molecule has 1 aliphatic heterocycles. The van der Waals surface area contributed by atoms with Gasteiger partial charge in [-0.25, -0.2) is 0 Å². The number of rotatable bonds is 3. The molecule has 0 bridgehead atoms. The molecule has 0 aliphatic carbocycles. The van der Waals surface area contributed by atoms with Crippen LogP contribution in [0.4, 0.5) is 0 Å². The number of hydrogen-bond acceptors (Lipinski definition) is 3. The lowest BCUT2D eigenvalue weighted by molar-refractivity contribution is -0.136. The zero-order valence-electron chi connectivity index (χ0n) is 9.03. The first-order valence-electron chi connectivity index (χ1n) is 5.30. The van der Waals surface area contributed by atoms with E-state index in [-0.39, 0.29) is 5.91 Å². The van der Waals surface area contributed by atoms with Gasteiger partial charge in [0.25, 0.3) is 0 Å². The van der Waals surface area contributed by atoms with Crippen LogP contribution >= 0.6 is 0 Å². The lowest BCUT2D eigenvalue weighted by Gasteiger charge is -2.34. The first-order chi connectivity index (χ1) is 6.66. The van der Waals surface area contributed by atoms with Crippen LogP contribution in [0, 0.1) is 0 Å². The van der Waals surface area contributed by atoms with Crippen LogP contribution in [0.3, 0.4) is 0 Å². The lowest BCUT2D eigenvalue weighted by Crippen LogP contribution is -2.49. The largest absolute Gasteiger partial charge is 0.381 e. The predicted octanol–water partition coefficient (Wildman–Crippen LogP) is 0.361. The zero-order valence-corrected chi connectivity index (χ0v) is 9.03. The Morgan fingerprint density at radius 1 is 1.57 bits per heavy atom. The van der Waals surface area contributed by atoms with Crippen LogP contribution in [0.2, 0.25) is 0 Å². The van der Waals surface area contributed by atoms with Gasteiger partial charge in [-0.15, -0.1) is 0 Å². The highest BCUT2D eigenvalue weighted by Gasteiger charge is 2.25. The van der Waals surface area contributed by atoms with Gasteiger partial charge < -0.3 is 15.4 Å². The molecule has 14 heavy (non-hydrogen) atoms. The molecule has 1 heterocycles. The van der Waals surface area contributed by atoms with E-state index in [2.05, 4.69) is 0 Å². The maximum absolute atomic E-state index is 11.7. The summed E-state index contributed by atoms with van der Waals surface area (Å²) in [5, 5.41) is 0. The van der Waals surface area contributed by atoms with Gasteiger partial charge in [0.2, 0.25) is 5.91 Å². The van der Waals surface area contributed by atoms with Gasteiger partial charge in [0.05, 0.1) is 6.04 Å². The SMILES string of the molecule is CCN(C(=O)C(C)N)C1CCOCC1. The van der Waals surface area contributed by atoms with Gasteiger partial charge >= 0.3 is 0 Å². The number of carbonyl (C=O) groups excluding carboxylic acids is 1. The highest BCUT2D eigenvalue weighted by molar-refractivity contribution is 5.81. The maximum Gasteiger partial charge on any atom is 0.239 e. The smallest absolute Gasteiger partial charge is 0.239 e. The number of nitrogens with zero attached hydrogens (tertiary/aromatic N) is 1. The summed E-state index contributed by atoms with van der Waals surface area (Å²) in [6.07, 6.45) is 1.87. The molecule has 1 aliphatic rings. The second-order valence-corrected chi connectivity index (χ2v) is 3.76. The normalized spacial score (nSPS) is 20.5. The average molecular weight is 200 g/mol. The third-order valence-electron chi connectivity index (χ3n) is 2.64. The molecule has 4 nitrogen and oxygen atoms in total. The molecule has 0 radical (unpaired) electrons. The van der Waals surface area contributed by atoms with Crippen LogP contribution in [0.5, 0.6) is 0 Å². The molecule has 0 aromatic rings. The molecule has 1 atom stereocenters. The number of amides is 1. The van der Waals surface area contributed by atoms with Crippen molar-refractivity contribution in [2.45, 2.75) is 38.8 Å². The maximum atomic E-state index is 11.7. The van der Waals surface area contributed by atoms with Crippen LogP contribution < -0.4 is 5.73 Å². The number of carbonyl (C=O) groups is 1. The molecule has 82 valence electrons. The van der Waals surface area contributed by atoms with E-state index in [0.717, 1.165) is 32.6 Å². The number of hydrogen-bond donors (Lipinski definition) is 1. The van der Waals surface area contributed by atoms with Crippen LogP contribution in [-0.4, -0.2) is 42.6 Å². The van der Waals surface area contributed by atoms with Crippen molar-refractivity contribution in [3.63, 3.8) is 0 Å². The van der Waals surface area contributed by atoms with E-state index in [1.54, 1.807) is 6.92 Å². The fourth-order valence-corrected chi connectivity index (χ4v) is 1.85. The molecular weight excluding hydrogens is 180 g/mol. The molecule has 0 aromatic carbocycles. The molecule has 1 fully saturated rings. The summed E-state index contributed by atoms with van der Waals surface area (Å²) in [5.41, 5.74) is 5.60. The van der Waals surface area contributed by atoms with Crippen molar-refractivity contribution in [1.29, 1.82) is 0 Å². The van der Waals surface area contributed by atoms with E-state index in [0.29, 0.717) is 6.04 Å². The second kappa shape index (κ2) is 5.32. The van der Waals surface area contributed by atoms with Crippen molar-refractivity contribution in [1.82, 2.24) is 4.90 Å². The van der Waals surface area contributed by atoms with Crippen LogP contribution in [0.1, 0.15) is 26.7 Å². The van der Waals surface area contributed by atoms with E-state index in [9.17, 15) is 4.79 Å².